The fraction of sp³-hybridized carbons (Fsp3) is 0.130. The third kappa shape index (κ3) is 4.80. The number of furan rings is 1. The quantitative estimate of drug-likeness (QED) is 0.489. The van der Waals surface area contributed by atoms with Gasteiger partial charge in [0.15, 0.2) is 11.9 Å². The number of carbonyl (C=O) groups is 3. The molecule has 0 radical (unpaired) electrons. The summed E-state index contributed by atoms with van der Waals surface area (Å²) >= 11 is 0. The highest BCUT2D eigenvalue weighted by Crippen LogP contribution is 2.23. The van der Waals surface area contributed by atoms with E-state index < -0.39 is 18.0 Å². The van der Waals surface area contributed by atoms with Gasteiger partial charge in [-0.15, -0.1) is 0 Å². The van der Waals surface area contributed by atoms with Crippen LogP contribution in [-0.4, -0.2) is 23.8 Å². The molecule has 0 fully saturated rings. The monoisotopic (exact) mass is 402 g/mol. The molecule has 0 aliphatic rings. The number of rotatable bonds is 6. The molecule has 1 heterocycles. The van der Waals surface area contributed by atoms with Gasteiger partial charge in [-0.3, -0.25) is 9.59 Å². The van der Waals surface area contributed by atoms with Gasteiger partial charge in [-0.2, -0.15) is 5.26 Å². The van der Waals surface area contributed by atoms with Crippen molar-refractivity contribution in [2.24, 2.45) is 0 Å². The molecule has 7 heteroatoms. The number of nitriles is 1. The normalized spacial score (nSPS) is 11.2. The first-order valence-corrected chi connectivity index (χ1v) is 9.10. The number of ether oxygens (including phenoxy) is 1. The van der Waals surface area contributed by atoms with Gasteiger partial charge in [0.1, 0.15) is 5.76 Å². The van der Waals surface area contributed by atoms with E-state index in [1.54, 1.807) is 54.6 Å². The molecule has 7 nitrogen and oxygen atoms in total. The first kappa shape index (κ1) is 20.6. The molecule has 3 aromatic rings. The number of benzene rings is 2. The molecule has 0 bridgehead atoms. The Kier molecular flexibility index (Phi) is 6.08. The number of nitrogens with one attached hydrogen (secondary N) is 1. The van der Waals surface area contributed by atoms with Crippen LogP contribution < -0.4 is 5.32 Å². The number of hydrogen-bond acceptors (Lipinski definition) is 6. The van der Waals surface area contributed by atoms with Crippen LogP contribution in [0.25, 0.3) is 11.3 Å². The van der Waals surface area contributed by atoms with Crippen LogP contribution in [0.5, 0.6) is 0 Å². The minimum atomic E-state index is -1.06. The topological polar surface area (TPSA) is 109 Å². The highest BCUT2D eigenvalue weighted by atomic mass is 16.6. The summed E-state index contributed by atoms with van der Waals surface area (Å²) in [4.78, 5) is 35.9. The highest BCUT2D eigenvalue weighted by Gasteiger charge is 2.21. The van der Waals surface area contributed by atoms with Gasteiger partial charge in [-0.1, -0.05) is 24.3 Å². The molecule has 0 spiro atoms. The van der Waals surface area contributed by atoms with E-state index >= 15 is 0 Å². The molecule has 2 aromatic carbocycles. The molecule has 150 valence electrons. The van der Waals surface area contributed by atoms with Crippen molar-refractivity contribution >= 4 is 23.3 Å². The number of anilines is 1. The van der Waals surface area contributed by atoms with Gasteiger partial charge >= 0.3 is 5.97 Å². The summed E-state index contributed by atoms with van der Waals surface area (Å²) in [5, 5.41) is 11.4. The molecule has 0 aliphatic heterocycles. The number of nitrogens with zero attached hydrogens (tertiary/aromatic N) is 1. The lowest BCUT2D eigenvalue weighted by Gasteiger charge is -2.12. The number of carbonyl (C=O) groups excluding carboxylic acids is 3. The second-order valence-corrected chi connectivity index (χ2v) is 6.52. The molecule has 1 atom stereocenters. The smallest absolute Gasteiger partial charge is 0.375 e. The Hall–Kier alpha value is -4.18. The van der Waals surface area contributed by atoms with Crippen molar-refractivity contribution in [3.63, 3.8) is 0 Å². The van der Waals surface area contributed by atoms with E-state index in [4.69, 9.17) is 14.4 Å². The summed E-state index contributed by atoms with van der Waals surface area (Å²) in [5.74, 6) is -0.937. The Morgan fingerprint density at radius 2 is 1.67 bits per heavy atom. The van der Waals surface area contributed by atoms with Crippen LogP contribution >= 0.6 is 0 Å². The number of ketones is 1. The van der Waals surface area contributed by atoms with Gasteiger partial charge in [0.2, 0.25) is 5.76 Å². The third-order valence-electron chi connectivity index (χ3n) is 4.32. The summed E-state index contributed by atoms with van der Waals surface area (Å²) in [6, 6.07) is 18.2. The zero-order chi connectivity index (χ0) is 21.7. The second-order valence-electron chi connectivity index (χ2n) is 6.52. The lowest BCUT2D eigenvalue weighted by Crippen LogP contribution is -2.29. The van der Waals surface area contributed by atoms with Crippen LogP contribution in [0.2, 0.25) is 0 Å². The molecule has 30 heavy (non-hydrogen) atoms. The Bertz CT molecular complexity index is 1120. The van der Waals surface area contributed by atoms with Gasteiger partial charge in [-0.25, -0.2) is 4.79 Å². The van der Waals surface area contributed by atoms with Crippen LogP contribution in [0, 0.1) is 11.3 Å². The van der Waals surface area contributed by atoms with Crippen molar-refractivity contribution < 1.29 is 23.5 Å². The zero-order valence-corrected chi connectivity index (χ0v) is 16.3. The van der Waals surface area contributed by atoms with Gasteiger partial charge in [0.05, 0.1) is 11.6 Å². The van der Waals surface area contributed by atoms with E-state index in [0.717, 1.165) is 0 Å². The number of esters is 1. The second kappa shape index (κ2) is 8.88. The average molecular weight is 402 g/mol. The lowest BCUT2D eigenvalue weighted by atomic mass is 10.1. The van der Waals surface area contributed by atoms with E-state index in [1.807, 2.05) is 6.07 Å². The van der Waals surface area contributed by atoms with E-state index in [9.17, 15) is 14.4 Å². The number of hydrogen-bond donors (Lipinski definition) is 1. The van der Waals surface area contributed by atoms with Crippen LogP contribution in [0.4, 0.5) is 5.69 Å². The van der Waals surface area contributed by atoms with Crippen molar-refractivity contribution in [2.75, 3.05) is 5.32 Å². The predicted octanol–water partition coefficient (Wildman–Crippen LogP) is 4.20. The summed E-state index contributed by atoms with van der Waals surface area (Å²) in [6.07, 6.45) is -1.06. The van der Waals surface area contributed by atoms with Crippen LogP contribution in [-0.2, 0) is 9.53 Å². The van der Waals surface area contributed by atoms with E-state index in [1.165, 1.54) is 19.9 Å². The first-order chi connectivity index (χ1) is 14.4. The Morgan fingerprint density at radius 1 is 1.00 bits per heavy atom. The molecule has 3 rings (SSSR count). The van der Waals surface area contributed by atoms with Crippen LogP contribution in [0.3, 0.4) is 0 Å². The molecule has 0 unspecified atom stereocenters. The summed E-state index contributed by atoms with van der Waals surface area (Å²) < 4.78 is 10.7. The number of Topliss-reactive ketones (excluding diaryl/α,β-unsaturated/α-hetero) is 1. The summed E-state index contributed by atoms with van der Waals surface area (Å²) in [5.41, 5.74) is 2.23. The summed E-state index contributed by atoms with van der Waals surface area (Å²) in [7, 11) is 0. The first-order valence-electron chi connectivity index (χ1n) is 9.10. The SMILES string of the molecule is CC(=O)c1ccc(-c2ccc(C(=O)O[C@@H](C)C(=O)Nc3ccc(C#N)cc3)o2)cc1. The fourth-order valence-electron chi connectivity index (χ4n) is 2.62. The molecule has 0 saturated heterocycles. The standard InChI is InChI=1S/C23H18N2O5/c1-14(26)17-5-7-18(8-6-17)20-11-12-21(30-20)23(28)29-15(2)22(27)25-19-9-3-16(13-24)4-10-19/h3-12,15H,1-2H3,(H,25,27)/t15-/m0/s1. The molecule has 1 N–H and O–H groups in total. The van der Waals surface area contributed by atoms with Crippen molar-refractivity contribution in [3.8, 4) is 17.4 Å². The lowest BCUT2D eigenvalue weighted by molar-refractivity contribution is -0.123. The van der Waals surface area contributed by atoms with Gasteiger partial charge < -0.3 is 14.5 Å². The highest BCUT2D eigenvalue weighted by molar-refractivity contribution is 5.97. The van der Waals surface area contributed by atoms with Gasteiger partial charge in [0.25, 0.3) is 5.91 Å². The minimum absolute atomic E-state index is 0.0429. The zero-order valence-electron chi connectivity index (χ0n) is 16.3. The minimum Gasteiger partial charge on any atom is -0.449 e. The molecule has 0 saturated carbocycles. The fourth-order valence-corrected chi connectivity index (χ4v) is 2.62. The van der Waals surface area contributed by atoms with Crippen molar-refractivity contribution in [2.45, 2.75) is 20.0 Å². The van der Waals surface area contributed by atoms with Crippen LogP contribution in [0.15, 0.2) is 65.1 Å². The van der Waals surface area contributed by atoms with Crippen molar-refractivity contribution in [3.05, 3.63) is 77.6 Å². The van der Waals surface area contributed by atoms with Crippen molar-refractivity contribution in [1.29, 1.82) is 5.26 Å². The predicted molar refractivity (Wildman–Crippen MR) is 109 cm³/mol. The molecule has 1 aromatic heterocycles. The number of amides is 1. The maximum Gasteiger partial charge on any atom is 0.375 e. The maximum atomic E-state index is 12.3. The Labute approximate surface area is 172 Å². The molecular formula is C23H18N2O5. The van der Waals surface area contributed by atoms with Crippen molar-refractivity contribution in [1.82, 2.24) is 0 Å². The molecule has 1 amide bonds. The summed E-state index contributed by atoms with van der Waals surface area (Å²) in [6.45, 7) is 2.93. The molecule has 0 aliphatic carbocycles. The Balaban J connectivity index is 1.61. The Morgan fingerprint density at radius 3 is 2.27 bits per heavy atom. The van der Waals surface area contributed by atoms with Gasteiger partial charge in [0, 0.05) is 16.8 Å². The van der Waals surface area contributed by atoms with Gasteiger partial charge in [-0.05, 0) is 50.2 Å². The van der Waals surface area contributed by atoms with E-state index in [2.05, 4.69) is 5.32 Å². The maximum absolute atomic E-state index is 12.3. The van der Waals surface area contributed by atoms with E-state index in [0.29, 0.717) is 28.1 Å². The third-order valence-corrected chi connectivity index (χ3v) is 4.32. The average Bonchev–Trinajstić information content (AvgIpc) is 3.24. The largest absolute Gasteiger partial charge is 0.449 e. The van der Waals surface area contributed by atoms with E-state index in [-0.39, 0.29) is 11.5 Å². The van der Waals surface area contributed by atoms with Crippen LogP contribution in [0.1, 0.15) is 40.3 Å². The molecular weight excluding hydrogens is 384 g/mol.